The summed E-state index contributed by atoms with van der Waals surface area (Å²) in [5.41, 5.74) is 0.0751. The van der Waals surface area contributed by atoms with Crippen LogP contribution < -0.4 is 16.0 Å². The highest BCUT2D eigenvalue weighted by Gasteiger charge is 2.11. The molecule has 3 rings (SSSR count). The molecule has 0 atom stereocenters. The topological polar surface area (TPSA) is 81.9 Å². The lowest BCUT2D eigenvalue weighted by atomic mass is 10.1. The number of aromatic nitrogens is 4. The SMILES string of the molecule is Cn1cnc2c1c(=O)[nH]c(=O)n2CCCCCCCOc1ccc(Cl)cc1. The van der Waals surface area contributed by atoms with Gasteiger partial charge in [-0.05, 0) is 37.1 Å². The Hall–Kier alpha value is -2.54. The summed E-state index contributed by atoms with van der Waals surface area (Å²) >= 11 is 5.84. The molecular weight excluding hydrogens is 368 g/mol. The molecule has 27 heavy (non-hydrogen) atoms. The number of rotatable bonds is 9. The van der Waals surface area contributed by atoms with Crippen LogP contribution in [-0.4, -0.2) is 25.7 Å². The van der Waals surface area contributed by atoms with Crippen LogP contribution in [0, 0.1) is 0 Å². The van der Waals surface area contributed by atoms with Crippen LogP contribution in [0.2, 0.25) is 5.02 Å². The van der Waals surface area contributed by atoms with Gasteiger partial charge in [-0.15, -0.1) is 0 Å². The molecule has 0 aliphatic rings. The average Bonchev–Trinajstić information content (AvgIpc) is 3.03. The number of fused-ring (bicyclic) bond motifs is 1. The Morgan fingerprint density at radius 3 is 2.56 bits per heavy atom. The van der Waals surface area contributed by atoms with E-state index in [-0.39, 0.29) is 0 Å². The second kappa shape index (κ2) is 8.90. The van der Waals surface area contributed by atoms with Gasteiger partial charge in [0.25, 0.3) is 5.56 Å². The van der Waals surface area contributed by atoms with Gasteiger partial charge in [0.05, 0.1) is 12.9 Å². The van der Waals surface area contributed by atoms with E-state index in [4.69, 9.17) is 16.3 Å². The van der Waals surface area contributed by atoms with Crippen LogP contribution in [0.25, 0.3) is 11.2 Å². The van der Waals surface area contributed by atoms with Crippen LogP contribution in [0.15, 0.2) is 40.2 Å². The molecule has 8 heteroatoms. The van der Waals surface area contributed by atoms with E-state index in [1.54, 1.807) is 22.5 Å². The first-order valence-electron chi connectivity index (χ1n) is 9.09. The normalized spacial score (nSPS) is 11.2. The number of nitrogens with one attached hydrogen (secondary N) is 1. The van der Waals surface area contributed by atoms with Gasteiger partial charge in [-0.3, -0.25) is 14.3 Å². The molecule has 1 aromatic carbocycles. The molecule has 0 radical (unpaired) electrons. The summed E-state index contributed by atoms with van der Waals surface area (Å²) < 4.78 is 8.84. The van der Waals surface area contributed by atoms with Gasteiger partial charge >= 0.3 is 5.69 Å². The average molecular weight is 391 g/mol. The molecule has 1 N–H and O–H groups in total. The number of H-pyrrole nitrogens is 1. The minimum absolute atomic E-state index is 0.396. The van der Waals surface area contributed by atoms with Crippen molar-refractivity contribution in [2.24, 2.45) is 7.05 Å². The van der Waals surface area contributed by atoms with Gasteiger partial charge in [0.1, 0.15) is 5.75 Å². The van der Waals surface area contributed by atoms with Crippen LogP contribution in [0.4, 0.5) is 0 Å². The number of benzene rings is 1. The molecule has 2 heterocycles. The van der Waals surface area contributed by atoms with Crippen molar-refractivity contribution in [1.82, 2.24) is 19.1 Å². The van der Waals surface area contributed by atoms with Crippen LogP contribution in [0.5, 0.6) is 5.75 Å². The molecule has 0 amide bonds. The summed E-state index contributed by atoms with van der Waals surface area (Å²) in [6, 6.07) is 7.35. The Balaban J connectivity index is 1.39. The zero-order chi connectivity index (χ0) is 19.2. The quantitative estimate of drug-likeness (QED) is 0.569. The van der Waals surface area contributed by atoms with Crippen molar-refractivity contribution in [3.63, 3.8) is 0 Å². The number of imidazole rings is 1. The minimum atomic E-state index is -0.400. The predicted molar refractivity (Wildman–Crippen MR) is 106 cm³/mol. The molecule has 0 saturated heterocycles. The van der Waals surface area contributed by atoms with E-state index in [2.05, 4.69) is 9.97 Å². The molecule has 0 aliphatic heterocycles. The van der Waals surface area contributed by atoms with Crippen LogP contribution in [0.1, 0.15) is 32.1 Å². The van der Waals surface area contributed by atoms with Crippen molar-refractivity contribution in [3.05, 3.63) is 56.5 Å². The molecule has 2 aromatic heterocycles. The monoisotopic (exact) mass is 390 g/mol. The van der Waals surface area contributed by atoms with Crippen molar-refractivity contribution in [2.75, 3.05) is 6.61 Å². The van der Waals surface area contributed by atoms with Gasteiger partial charge in [0.2, 0.25) is 0 Å². The first-order valence-corrected chi connectivity index (χ1v) is 9.46. The summed E-state index contributed by atoms with van der Waals surface area (Å²) in [5.74, 6) is 0.830. The van der Waals surface area contributed by atoms with Gasteiger partial charge in [0.15, 0.2) is 11.2 Å². The Morgan fingerprint density at radius 2 is 1.78 bits per heavy atom. The molecule has 144 valence electrons. The molecule has 0 saturated carbocycles. The second-order valence-corrected chi connectivity index (χ2v) is 6.95. The standard InChI is InChI=1S/C19H23ClN4O3/c1-23-13-21-17-16(23)18(25)22-19(26)24(17)11-5-3-2-4-6-12-27-15-9-7-14(20)8-10-15/h7-10,13H,2-6,11-12H2,1H3,(H,22,25,26). The van der Waals surface area contributed by atoms with Crippen molar-refractivity contribution >= 4 is 22.8 Å². The number of ether oxygens (including phenoxy) is 1. The van der Waals surface area contributed by atoms with E-state index in [1.807, 2.05) is 24.3 Å². The minimum Gasteiger partial charge on any atom is -0.494 e. The summed E-state index contributed by atoms with van der Waals surface area (Å²) in [6.45, 7) is 1.22. The van der Waals surface area contributed by atoms with Crippen LogP contribution >= 0.6 is 11.6 Å². The first kappa shape index (κ1) is 19.2. The highest BCUT2D eigenvalue weighted by atomic mass is 35.5. The summed E-state index contributed by atoms with van der Waals surface area (Å²) in [7, 11) is 1.74. The van der Waals surface area contributed by atoms with E-state index < -0.39 is 11.2 Å². The third-order valence-corrected chi connectivity index (χ3v) is 4.71. The molecule has 0 fully saturated rings. The van der Waals surface area contributed by atoms with Crippen LogP contribution in [0.3, 0.4) is 0 Å². The Kier molecular flexibility index (Phi) is 6.34. The lowest BCUT2D eigenvalue weighted by molar-refractivity contribution is 0.304. The maximum atomic E-state index is 12.1. The number of nitrogens with zero attached hydrogens (tertiary/aromatic N) is 3. The Labute approximate surface area is 161 Å². The largest absolute Gasteiger partial charge is 0.494 e. The third-order valence-electron chi connectivity index (χ3n) is 4.46. The van der Waals surface area contributed by atoms with E-state index in [0.717, 1.165) is 37.9 Å². The maximum Gasteiger partial charge on any atom is 0.330 e. The summed E-state index contributed by atoms with van der Waals surface area (Å²) in [5, 5.41) is 0.701. The second-order valence-electron chi connectivity index (χ2n) is 6.51. The summed E-state index contributed by atoms with van der Waals surface area (Å²) in [4.78, 5) is 30.5. The van der Waals surface area contributed by atoms with Gasteiger partial charge < -0.3 is 9.30 Å². The zero-order valence-corrected chi connectivity index (χ0v) is 16.0. The predicted octanol–water partition coefficient (Wildman–Crippen LogP) is 3.11. The lowest BCUT2D eigenvalue weighted by Gasteiger charge is -2.07. The highest BCUT2D eigenvalue weighted by molar-refractivity contribution is 6.30. The van der Waals surface area contributed by atoms with Gasteiger partial charge in [-0.2, -0.15) is 0 Å². The third kappa shape index (κ3) is 4.80. The van der Waals surface area contributed by atoms with Gasteiger partial charge in [-0.25, -0.2) is 9.78 Å². The van der Waals surface area contributed by atoms with Crippen molar-refractivity contribution in [3.8, 4) is 5.75 Å². The van der Waals surface area contributed by atoms with Crippen molar-refractivity contribution in [2.45, 2.75) is 38.6 Å². The number of unbranched alkanes of at least 4 members (excludes halogenated alkanes) is 4. The van der Waals surface area contributed by atoms with E-state index in [9.17, 15) is 9.59 Å². The van der Waals surface area contributed by atoms with Gasteiger partial charge in [-0.1, -0.05) is 30.9 Å². The zero-order valence-electron chi connectivity index (χ0n) is 15.3. The van der Waals surface area contributed by atoms with E-state index in [0.29, 0.717) is 29.3 Å². The maximum absolute atomic E-state index is 12.1. The van der Waals surface area contributed by atoms with Crippen LogP contribution in [-0.2, 0) is 13.6 Å². The molecule has 0 bridgehead atoms. The van der Waals surface area contributed by atoms with Crippen molar-refractivity contribution in [1.29, 1.82) is 0 Å². The lowest BCUT2D eigenvalue weighted by Crippen LogP contribution is -2.31. The fourth-order valence-corrected chi connectivity index (χ4v) is 3.15. The van der Waals surface area contributed by atoms with Crippen molar-refractivity contribution < 1.29 is 4.74 Å². The molecular formula is C19H23ClN4O3. The number of hydrogen-bond acceptors (Lipinski definition) is 4. The van der Waals surface area contributed by atoms with Gasteiger partial charge in [0, 0.05) is 18.6 Å². The molecule has 3 aromatic rings. The smallest absolute Gasteiger partial charge is 0.330 e. The molecule has 0 unspecified atom stereocenters. The van der Waals surface area contributed by atoms with E-state index >= 15 is 0 Å². The number of aryl methyl sites for hydroxylation is 2. The fourth-order valence-electron chi connectivity index (χ4n) is 3.03. The Bertz CT molecular complexity index is 1000. The Morgan fingerprint density at radius 1 is 1.07 bits per heavy atom. The number of hydrogen-bond donors (Lipinski definition) is 1. The molecule has 7 nitrogen and oxygen atoms in total. The van der Waals surface area contributed by atoms with E-state index in [1.165, 1.54) is 0 Å². The fraction of sp³-hybridized carbons (Fsp3) is 0.421. The molecule has 0 aliphatic carbocycles. The summed E-state index contributed by atoms with van der Waals surface area (Å²) in [6.07, 6.45) is 6.51. The highest BCUT2D eigenvalue weighted by Crippen LogP contribution is 2.16. The number of halogens is 1. The number of aromatic amines is 1. The molecule has 0 spiro atoms. The first-order chi connectivity index (χ1) is 13.1.